The number of Topliss-reactive ketones (excluding diaryl/α,β-unsaturated/α-hetero) is 2. The van der Waals surface area contributed by atoms with Crippen molar-refractivity contribution in [2.75, 3.05) is 0 Å². The standard InChI is InChI=1S/C16H25NO2/c1-6-7-8-9-14-15(12(4)18)10(2)17-11(3)16(14)13(5)19/h14,17H,6-9H2,1-5H3. The van der Waals surface area contributed by atoms with Gasteiger partial charge in [0.15, 0.2) is 11.6 Å². The van der Waals surface area contributed by atoms with Crippen LogP contribution in [0.15, 0.2) is 22.5 Å². The summed E-state index contributed by atoms with van der Waals surface area (Å²) in [6.45, 7) is 9.17. The van der Waals surface area contributed by atoms with E-state index in [4.69, 9.17) is 0 Å². The van der Waals surface area contributed by atoms with E-state index in [0.29, 0.717) is 0 Å². The van der Waals surface area contributed by atoms with E-state index in [0.717, 1.165) is 48.2 Å². The predicted octanol–water partition coefficient (Wildman–Crippen LogP) is 3.51. The zero-order valence-electron chi connectivity index (χ0n) is 12.7. The molecule has 0 spiro atoms. The lowest BCUT2D eigenvalue weighted by molar-refractivity contribution is -0.114. The van der Waals surface area contributed by atoms with E-state index in [1.807, 2.05) is 13.8 Å². The Balaban J connectivity index is 3.12. The maximum Gasteiger partial charge on any atom is 0.158 e. The molecule has 0 radical (unpaired) electrons. The molecule has 0 saturated heterocycles. The molecule has 0 fully saturated rings. The van der Waals surface area contributed by atoms with Crippen LogP contribution in [0.1, 0.15) is 60.3 Å². The Morgan fingerprint density at radius 1 is 1.00 bits per heavy atom. The summed E-state index contributed by atoms with van der Waals surface area (Å²) in [5, 5.41) is 3.18. The van der Waals surface area contributed by atoms with Gasteiger partial charge in [-0.05, 0) is 34.1 Å². The molecule has 0 aromatic heterocycles. The average Bonchev–Trinajstić information content (AvgIpc) is 2.27. The van der Waals surface area contributed by atoms with Gasteiger partial charge in [-0.3, -0.25) is 9.59 Å². The van der Waals surface area contributed by atoms with Gasteiger partial charge in [0.1, 0.15) is 0 Å². The molecule has 1 rings (SSSR count). The number of nitrogens with one attached hydrogen (secondary N) is 1. The average molecular weight is 263 g/mol. The number of ketones is 2. The Bertz CT molecular complexity index is 408. The second kappa shape index (κ2) is 6.69. The lowest BCUT2D eigenvalue weighted by Gasteiger charge is -2.30. The Hall–Kier alpha value is -1.38. The number of carbonyl (C=O) groups excluding carboxylic acids is 2. The molecule has 19 heavy (non-hydrogen) atoms. The summed E-state index contributed by atoms with van der Waals surface area (Å²) < 4.78 is 0. The van der Waals surface area contributed by atoms with Gasteiger partial charge in [-0.1, -0.05) is 26.2 Å². The van der Waals surface area contributed by atoms with Gasteiger partial charge in [0.05, 0.1) is 0 Å². The van der Waals surface area contributed by atoms with E-state index in [9.17, 15) is 9.59 Å². The maximum atomic E-state index is 11.9. The van der Waals surface area contributed by atoms with E-state index < -0.39 is 0 Å². The second-order valence-corrected chi connectivity index (χ2v) is 5.36. The molecule has 0 bridgehead atoms. The number of unbranched alkanes of at least 4 members (excludes halogenated alkanes) is 2. The Morgan fingerprint density at radius 3 is 1.84 bits per heavy atom. The highest BCUT2D eigenvalue weighted by atomic mass is 16.1. The van der Waals surface area contributed by atoms with Crippen LogP contribution in [0, 0.1) is 5.92 Å². The first-order chi connectivity index (χ1) is 8.90. The van der Waals surface area contributed by atoms with Crippen LogP contribution in [0.3, 0.4) is 0 Å². The fourth-order valence-corrected chi connectivity index (χ4v) is 2.99. The Kier molecular flexibility index (Phi) is 5.52. The summed E-state index contributed by atoms with van der Waals surface area (Å²) in [6.07, 6.45) is 4.21. The van der Waals surface area contributed by atoms with Crippen molar-refractivity contribution in [2.45, 2.75) is 60.3 Å². The number of hydrogen-bond donors (Lipinski definition) is 1. The zero-order chi connectivity index (χ0) is 14.6. The number of allylic oxidation sites excluding steroid dienone is 4. The Morgan fingerprint density at radius 2 is 1.47 bits per heavy atom. The summed E-state index contributed by atoms with van der Waals surface area (Å²) in [5.41, 5.74) is 3.37. The molecule has 0 atom stereocenters. The molecule has 3 heteroatoms. The van der Waals surface area contributed by atoms with Crippen LogP contribution in [0.25, 0.3) is 0 Å². The van der Waals surface area contributed by atoms with Crippen molar-refractivity contribution in [1.29, 1.82) is 0 Å². The number of carbonyl (C=O) groups is 2. The van der Waals surface area contributed by atoms with E-state index in [1.54, 1.807) is 13.8 Å². The largest absolute Gasteiger partial charge is 0.362 e. The number of rotatable bonds is 6. The molecule has 3 nitrogen and oxygen atoms in total. The van der Waals surface area contributed by atoms with Crippen LogP contribution >= 0.6 is 0 Å². The maximum absolute atomic E-state index is 11.9. The predicted molar refractivity (Wildman–Crippen MR) is 77.5 cm³/mol. The molecule has 106 valence electrons. The van der Waals surface area contributed by atoms with E-state index in [2.05, 4.69) is 12.2 Å². The van der Waals surface area contributed by atoms with Gasteiger partial charge < -0.3 is 5.32 Å². The summed E-state index contributed by atoms with van der Waals surface area (Å²) in [7, 11) is 0. The molecule has 1 aliphatic heterocycles. The molecule has 1 N–H and O–H groups in total. The summed E-state index contributed by atoms with van der Waals surface area (Å²) in [6, 6.07) is 0. The van der Waals surface area contributed by atoms with E-state index >= 15 is 0 Å². The SMILES string of the molecule is CCCCCC1C(C(C)=O)=C(C)NC(C)=C1C(C)=O. The third-order valence-corrected chi connectivity index (χ3v) is 3.73. The molecular weight excluding hydrogens is 238 g/mol. The van der Waals surface area contributed by atoms with Gasteiger partial charge in [-0.2, -0.15) is 0 Å². The zero-order valence-corrected chi connectivity index (χ0v) is 12.7. The molecule has 0 amide bonds. The minimum atomic E-state index is -0.0252. The van der Waals surface area contributed by atoms with Crippen LogP contribution in [0.5, 0.6) is 0 Å². The van der Waals surface area contributed by atoms with Gasteiger partial charge in [0.25, 0.3) is 0 Å². The van der Waals surface area contributed by atoms with Crippen LogP contribution in [0.2, 0.25) is 0 Å². The van der Waals surface area contributed by atoms with Crippen LogP contribution in [-0.4, -0.2) is 11.6 Å². The van der Waals surface area contributed by atoms with Crippen molar-refractivity contribution >= 4 is 11.6 Å². The summed E-state index contributed by atoms with van der Waals surface area (Å²) in [4.78, 5) is 23.8. The Labute approximate surface area is 116 Å². The molecule has 0 saturated carbocycles. The summed E-state index contributed by atoms with van der Waals surface area (Å²) in [5.74, 6) is 0.110. The van der Waals surface area contributed by atoms with Gasteiger partial charge in [0.2, 0.25) is 0 Å². The third-order valence-electron chi connectivity index (χ3n) is 3.73. The van der Waals surface area contributed by atoms with E-state index in [1.165, 1.54) is 0 Å². The minimum Gasteiger partial charge on any atom is -0.362 e. The first-order valence-electron chi connectivity index (χ1n) is 7.10. The lowest BCUT2D eigenvalue weighted by Crippen LogP contribution is -2.31. The molecule has 0 unspecified atom stereocenters. The van der Waals surface area contributed by atoms with Gasteiger partial charge >= 0.3 is 0 Å². The first kappa shape index (κ1) is 15.7. The van der Waals surface area contributed by atoms with Crippen molar-refractivity contribution in [2.24, 2.45) is 5.92 Å². The minimum absolute atomic E-state index is 0.0252. The fourth-order valence-electron chi connectivity index (χ4n) is 2.99. The number of hydrogen-bond acceptors (Lipinski definition) is 3. The van der Waals surface area contributed by atoms with E-state index in [-0.39, 0.29) is 17.5 Å². The highest BCUT2D eigenvalue weighted by Crippen LogP contribution is 2.34. The second-order valence-electron chi connectivity index (χ2n) is 5.36. The molecule has 0 aromatic rings. The highest BCUT2D eigenvalue weighted by molar-refractivity contribution is 6.01. The quantitative estimate of drug-likeness (QED) is 0.746. The molecule has 0 aromatic carbocycles. The van der Waals surface area contributed by atoms with Crippen LogP contribution < -0.4 is 5.32 Å². The topological polar surface area (TPSA) is 46.2 Å². The first-order valence-corrected chi connectivity index (χ1v) is 7.10. The van der Waals surface area contributed by atoms with Gasteiger partial charge in [-0.15, -0.1) is 0 Å². The lowest BCUT2D eigenvalue weighted by atomic mass is 9.79. The highest BCUT2D eigenvalue weighted by Gasteiger charge is 2.31. The summed E-state index contributed by atoms with van der Waals surface area (Å²) >= 11 is 0. The fraction of sp³-hybridized carbons (Fsp3) is 0.625. The third kappa shape index (κ3) is 3.55. The van der Waals surface area contributed by atoms with Crippen molar-refractivity contribution in [3.05, 3.63) is 22.5 Å². The van der Waals surface area contributed by atoms with Crippen LogP contribution in [-0.2, 0) is 9.59 Å². The van der Waals surface area contributed by atoms with Gasteiger partial charge in [-0.25, -0.2) is 0 Å². The molecule has 0 aliphatic carbocycles. The molecule has 1 heterocycles. The smallest absolute Gasteiger partial charge is 0.158 e. The normalized spacial score (nSPS) is 16.7. The van der Waals surface area contributed by atoms with Crippen molar-refractivity contribution in [3.8, 4) is 0 Å². The van der Waals surface area contributed by atoms with Crippen molar-refractivity contribution in [3.63, 3.8) is 0 Å². The molecular formula is C16H25NO2. The molecule has 1 aliphatic rings. The number of dihydropyridines is 1. The van der Waals surface area contributed by atoms with Crippen molar-refractivity contribution < 1.29 is 9.59 Å². The van der Waals surface area contributed by atoms with Gasteiger partial charge in [0, 0.05) is 28.5 Å². The monoisotopic (exact) mass is 263 g/mol. The van der Waals surface area contributed by atoms with Crippen molar-refractivity contribution in [1.82, 2.24) is 5.32 Å². The van der Waals surface area contributed by atoms with Crippen LogP contribution in [0.4, 0.5) is 0 Å².